The molecule has 16 atom stereocenters. The number of nitrogens with two attached hydrogens (primary N) is 6. The van der Waals surface area contributed by atoms with Gasteiger partial charge in [0.2, 0.25) is 59.1 Å². The Morgan fingerprint density at radius 1 is 0.515 bits per heavy atom. The average Bonchev–Trinajstić information content (AvgIpc) is 1.87. The molecule has 0 bridgehead atoms. The number of aliphatic imine (C=N–C) groups is 3. The molecule has 0 unspecified atom stereocenters. The van der Waals surface area contributed by atoms with Crippen LogP contribution in [0.3, 0.4) is 0 Å². The van der Waals surface area contributed by atoms with Gasteiger partial charge in [-0.3, -0.25) is 62.9 Å². The second-order valence-corrected chi connectivity index (χ2v) is 25.0. The SMILES string of the molecule is CCC[C@@H]1NC(=O)[C@H](CCCN=C(N)N)NC(=O)[C@H](NC(=O)[C@H](CO)NC(=O)[C@@H](NC(=O)[C@H](NC(=O)[C@@H](CCCN=C(N)N)NC(=O)[C@H](CCCN=C(N)N)NC(=O)[C@@H](NC(=O)[C@H](CC)Cc2ccccc2)[C@@H](C)CC)[C@H](C)CC)[C@@H](C)CC)[C@H](C)OC(=O)[C@H]([C@@H](C)CC)NC1=O. The predicted molar refractivity (Wildman–Crippen MR) is 368 cm³/mol. The number of nitrogens with zero attached hydrogens (tertiary/aromatic N) is 3. The summed E-state index contributed by atoms with van der Waals surface area (Å²) in [5, 5.41) is 37.6. The maximum Gasteiger partial charge on any atom is 0.329 e. The number of esters is 1. The van der Waals surface area contributed by atoms with Crippen molar-refractivity contribution in [3.63, 3.8) is 0 Å². The van der Waals surface area contributed by atoms with Crippen LogP contribution in [0.2, 0.25) is 0 Å². The molecule has 0 saturated carbocycles. The number of rotatable bonds is 40. The fourth-order valence-electron chi connectivity index (χ4n) is 10.5. The molecular formula is C65H113N19O13. The average molecular weight is 1370 g/mol. The van der Waals surface area contributed by atoms with Gasteiger partial charge in [0.1, 0.15) is 66.5 Å². The van der Waals surface area contributed by atoms with Crippen molar-refractivity contribution in [2.24, 2.45) is 79.0 Å². The number of carbonyl (C=O) groups excluding carboxylic acids is 11. The van der Waals surface area contributed by atoms with Gasteiger partial charge >= 0.3 is 5.97 Å². The summed E-state index contributed by atoms with van der Waals surface area (Å²) in [6, 6.07) is -4.55. The molecule has 1 aliphatic rings. The lowest BCUT2D eigenvalue weighted by molar-refractivity contribution is -0.157. The Balaban J connectivity index is 2.59. The van der Waals surface area contributed by atoms with Gasteiger partial charge in [0, 0.05) is 25.6 Å². The van der Waals surface area contributed by atoms with Crippen molar-refractivity contribution >= 4 is 82.9 Å². The molecule has 32 nitrogen and oxygen atoms in total. The van der Waals surface area contributed by atoms with Crippen molar-refractivity contribution in [3.8, 4) is 0 Å². The van der Waals surface area contributed by atoms with Crippen LogP contribution >= 0.6 is 0 Å². The highest BCUT2D eigenvalue weighted by molar-refractivity contribution is 5.99. The highest BCUT2D eigenvalue weighted by Crippen LogP contribution is 2.19. The fourth-order valence-corrected chi connectivity index (χ4v) is 10.5. The summed E-state index contributed by atoms with van der Waals surface area (Å²) in [6.45, 7) is 17.9. The van der Waals surface area contributed by atoms with E-state index in [4.69, 9.17) is 39.1 Å². The number of nitrogens with one attached hydrogen (secondary N) is 10. The summed E-state index contributed by atoms with van der Waals surface area (Å²) < 4.78 is 5.80. The molecule has 2 rings (SSSR count). The van der Waals surface area contributed by atoms with E-state index < -0.39 is 162 Å². The quantitative estimate of drug-likeness (QED) is 0.0149. The molecule has 23 N–H and O–H groups in total. The predicted octanol–water partition coefficient (Wildman–Crippen LogP) is -1.81. The third-order valence-corrected chi connectivity index (χ3v) is 17.4. The molecule has 1 heterocycles. The van der Waals surface area contributed by atoms with E-state index >= 15 is 0 Å². The third-order valence-electron chi connectivity index (χ3n) is 17.4. The molecule has 1 saturated heterocycles. The Bertz CT molecular complexity index is 2820. The molecule has 0 aliphatic carbocycles. The van der Waals surface area contributed by atoms with E-state index in [2.05, 4.69) is 68.1 Å². The second-order valence-electron chi connectivity index (χ2n) is 25.0. The van der Waals surface area contributed by atoms with E-state index in [9.17, 15) is 57.8 Å². The fraction of sp³-hybridized carbons (Fsp3) is 0.692. The number of amides is 10. The number of aliphatic hydroxyl groups is 1. The summed E-state index contributed by atoms with van der Waals surface area (Å²) in [5.74, 6) is -12.4. The minimum absolute atomic E-state index is 0.0232. The Hall–Kier alpha value is -8.84. The maximum atomic E-state index is 14.7. The van der Waals surface area contributed by atoms with Gasteiger partial charge in [-0.15, -0.1) is 0 Å². The number of aliphatic hydroxyl groups excluding tert-OH is 1. The van der Waals surface area contributed by atoms with Gasteiger partial charge < -0.3 is 97.4 Å². The first-order chi connectivity index (χ1) is 45.9. The molecule has 32 heteroatoms. The van der Waals surface area contributed by atoms with Crippen LogP contribution in [-0.4, -0.2) is 181 Å². The van der Waals surface area contributed by atoms with Gasteiger partial charge in [0.25, 0.3) is 0 Å². The summed E-state index contributed by atoms with van der Waals surface area (Å²) in [6.07, 6.45) is 1.70. The van der Waals surface area contributed by atoms with Gasteiger partial charge in [0.15, 0.2) is 17.9 Å². The lowest BCUT2D eigenvalue weighted by Gasteiger charge is -2.32. The number of guanidine groups is 3. The maximum absolute atomic E-state index is 14.7. The van der Waals surface area contributed by atoms with Gasteiger partial charge in [-0.25, -0.2) is 4.79 Å². The summed E-state index contributed by atoms with van der Waals surface area (Å²) in [5.41, 5.74) is 34.4. The normalized spacial score (nSPS) is 20.1. The number of benzene rings is 1. The van der Waals surface area contributed by atoms with Crippen molar-refractivity contribution in [2.45, 2.75) is 233 Å². The van der Waals surface area contributed by atoms with E-state index in [0.717, 1.165) is 5.56 Å². The first kappa shape index (κ1) is 84.2. The summed E-state index contributed by atoms with van der Waals surface area (Å²) >= 11 is 0. The van der Waals surface area contributed by atoms with E-state index in [1.54, 1.807) is 55.4 Å². The molecule has 0 spiro atoms. The van der Waals surface area contributed by atoms with Crippen LogP contribution in [0.1, 0.15) is 165 Å². The zero-order chi connectivity index (χ0) is 73.1. The van der Waals surface area contributed by atoms with Gasteiger partial charge in [-0.1, -0.05) is 132 Å². The molecule has 1 aliphatic heterocycles. The summed E-state index contributed by atoms with van der Waals surface area (Å²) in [7, 11) is 0. The first-order valence-corrected chi connectivity index (χ1v) is 34.0. The zero-order valence-corrected chi connectivity index (χ0v) is 58.5. The molecule has 0 radical (unpaired) electrons. The van der Waals surface area contributed by atoms with Crippen LogP contribution in [0.15, 0.2) is 45.3 Å². The molecule has 97 heavy (non-hydrogen) atoms. The number of ether oxygens (including phenoxy) is 1. The lowest BCUT2D eigenvalue weighted by Crippen LogP contribution is -2.63. The van der Waals surface area contributed by atoms with Crippen molar-refractivity contribution in [1.82, 2.24) is 53.2 Å². The van der Waals surface area contributed by atoms with Gasteiger partial charge in [0.05, 0.1) is 6.61 Å². The van der Waals surface area contributed by atoms with E-state index in [-0.39, 0.29) is 94.8 Å². The standard InChI is InChI=1S/C65H113N19O13/c1-12-24-42-55(89)83-50(38(10)16-5)62(96)97-39(11)51(61(95)78-44(53(87)75-42)28-22-31-73-64(68)69)84-57(91)46(34-85)79-59(93)48(36(8)14-3)82-60(94)49(37(9)15-4)81-56(90)45(29-23-32-74-65(70)71)76-54(88)43(27-21-30-72-63(66)67)77-58(92)47(35(7)13-2)80-52(86)41(17-6)33-40-25-19-18-20-26-40/h18-20,25-26,35-39,41-51,85H,12-17,21-24,27-34H2,1-11H3,(H,75,87)(H,76,88)(H,77,92)(H,78,95)(H,79,93)(H,80,86)(H,81,90)(H,82,94)(H,83,89)(H,84,91)(H4,66,67,72)(H4,68,69,73)(H4,70,71,74)/t35-,36-,37+,38-,39-,41+,42-,43-,44-,45+,46-,47-,48-,49+,50-,51+/m0/s1. The number of hydrogen-bond acceptors (Lipinski definition) is 16. The van der Waals surface area contributed by atoms with Crippen molar-refractivity contribution in [3.05, 3.63) is 35.9 Å². The minimum atomic E-state index is -1.83. The van der Waals surface area contributed by atoms with Crippen LogP contribution in [0, 0.1) is 29.6 Å². The number of cyclic esters (lactones) is 1. The monoisotopic (exact) mass is 1370 g/mol. The highest BCUT2D eigenvalue weighted by atomic mass is 16.5. The number of carbonyl (C=O) groups is 11. The highest BCUT2D eigenvalue weighted by Gasteiger charge is 2.41. The minimum Gasteiger partial charge on any atom is -0.458 e. The zero-order valence-electron chi connectivity index (χ0n) is 58.5. The Morgan fingerprint density at radius 2 is 0.938 bits per heavy atom. The van der Waals surface area contributed by atoms with Crippen molar-refractivity contribution in [2.75, 3.05) is 26.2 Å². The summed E-state index contributed by atoms with van der Waals surface area (Å²) in [4.78, 5) is 169. The molecule has 1 aromatic rings. The van der Waals surface area contributed by atoms with Crippen molar-refractivity contribution in [1.29, 1.82) is 0 Å². The van der Waals surface area contributed by atoms with Crippen LogP contribution in [0.25, 0.3) is 0 Å². The Morgan fingerprint density at radius 3 is 1.40 bits per heavy atom. The molecule has 1 aromatic carbocycles. The first-order valence-electron chi connectivity index (χ1n) is 34.0. The number of hydrogen-bond donors (Lipinski definition) is 17. The van der Waals surface area contributed by atoms with Crippen molar-refractivity contribution < 1.29 is 62.6 Å². The molecule has 546 valence electrons. The van der Waals surface area contributed by atoms with E-state index in [1.807, 2.05) is 44.2 Å². The Kier molecular flexibility index (Phi) is 38.3. The topological polar surface area (TPSA) is 531 Å². The van der Waals surface area contributed by atoms with E-state index in [1.165, 1.54) is 6.92 Å². The van der Waals surface area contributed by atoms with Gasteiger partial charge in [-0.05, 0) is 93.9 Å². The molecule has 0 aromatic heterocycles. The van der Waals surface area contributed by atoms with Crippen LogP contribution in [-0.2, 0) is 63.9 Å². The third kappa shape index (κ3) is 29.2. The second kappa shape index (κ2) is 44.1. The van der Waals surface area contributed by atoms with Crippen LogP contribution in [0.4, 0.5) is 0 Å². The smallest absolute Gasteiger partial charge is 0.329 e. The largest absolute Gasteiger partial charge is 0.458 e. The Labute approximate surface area is 570 Å². The lowest BCUT2D eigenvalue weighted by atomic mass is 9.93. The molecule has 1 fully saturated rings. The van der Waals surface area contributed by atoms with Crippen LogP contribution < -0.4 is 87.6 Å². The van der Waals surface area contributed by atoms with Crippen LogP contribution in [0.5, 0.6) is 0 Å². The molecule has 10 amide bonds. The molecular weight excluding hydrogens is 1250 g/mol. The van der Waals surface area contributed by atoms with E-state index in [0.29, 0.717) is 38.5 Å². The van der Waals surface area contributed by atoms with Gasteiger partial charge in [-0.2, -0.15) is 0 Å².